The van der Waals surface area contributed by atoms with Gasteiger partial charge in [-0.05, 0) is 67.7 Å². The first-order chi connectivity index (χ1) is 20.6. The number of anilines is 3. The summed E-state index contributed by atoms with van der Waals surface area (Å²) in [5.41, 5.74) is 1.79. The van der Waals surface area contributed by atoms with Gasteiger partial charge in [-0.15, -0.1) is 0 Å². The highest BCUT2D eigenvalue weighted by molar-refractivity contribution is 6.06. The molecule has 43 heavy (non-hydrogen) atoms. The summed E-state index contributed by atoms with van der Waals surface area (Å²) >= 11 is 0. The van der Waals surface area contributed by atoms with Crippen LogP contribution in [0.5, 0.6) is 5.75 Å². The number of halogens is 3. The van der Waals surface area contributed by atoms with Gasteiger partial charge in [0.05, 0.1) is 23.9 Å². The van der Waals surface area contributed by atoms with Crippen molar-refractivity contribution in [3.63, 3.8) is 0 Å². The summed E-state index contributed by atoms with van der Waals surface area (Å²) in [4.78, 5) is 32.9. The molecule has 2 amide bonds. The quantitative estimate of drug-likeness (QED) is 0.310. The number of hydrogen-bond donors (Lipinski definition) is 2. The lowest BCUT2D eigenvalue weighted by Gasteiger charge is -2.38. The molecule has 0 saturated carbocycles. The van der Waals surface area contributed by atoms with Gasteiger partial charge in [0.15, 0.2) is 0 Å². The molecule has 0 spiro atoms. The molecule has 0 aliphatic carbocycles. The van der Waals surface area contributed by atoms with E-state index in [2.05, 4.69) is 39.2 Å². The largest absolute Gasteiger partial charge is 0.495 e. The number of rotatable bonds is 11. The van der Waals surface area contributed by atoms with Gasteiger partial charge in [0.25, 0.3) is 11.8 Å². The molecule has 3 aromatic rings. The number of hydrogen-bond acceptors (Lipinski definition) is 6. The van der Waals surface area contributed by atoms with Crippen LogP contribution in [0.2, 0.25) is 0 Å². The van der Waals surface area contributed by atoms with Crippen LogP contribution in [0.1, 0.15) is 40.1 Å². The van der Waals surface area contributed by atoms with E-state index < -0.39 is 17.6 Å². The molecule has 1 saturated heterocycles. The third kappa shape index (κ3) is 7.98. The first kappa shape index (κ1) is 31.7. The first-order valence-corrected chi connectivity index (χ1v) is 14.4. The summed E-state index contributed by atoms with van der Waals surface area (Å²) in [5.74, 6) is -0.0305. The van der Waals surface area contributed by atoms with Crippen molar-refractivity contribution in [3.05, 3.63) is 83.4 Å². The van der Waals surface area contributed by atoms with E-state index in [0.717, 1.165) is 67.6 Å². The van der Waals surface area contributed by atoms with Crippen LogP contribution in [0, 0.1) is 0 Å². The van der Waals surface area contributed by atoms with Crippen molar-refractivity contribution in [1.29, 1.82) is 0 Å². The van der Waals surface area contributed by atoms with Crippen LogP contribution in [0.4, 0.5) is 30.2 Å². The highest BCUT2D eigenvalue weighted by Gasteiger charge is 2.30. The Morgan fingerprint density at radius 1 is 0.860 bits per heavy atom. The molecule has 0 aromatic heterocycles. The Morgan fingerprint density at radius 2 is 1.49 bits per heavy atom. The van der Waals surface area contributed by atoms with Gasteiger partial charge in [-0.2, -0.15) is 13.2 Å². The number of nitrogens with one attached hydrogen (secondary N) is 2. The fraction of sp³-hybridized carbons (Fsp3) is 0.375. The Balaban J connectivity index is 1.53. The van der Waals surface area contributed by atoms with Crippen LogP contribution >= 0.6 is 0 Å². The van der Waals surface area contributed by atoms with Crippen LogP contribution in [-0.2, 0) is 6.18 Å². The molecule has 1 aliphatic heterocycles. The number of amides is 2. The minimum Gasteiger partial charge on any atom is -0.495 e. The molecule has 0 atom stereocenters. The molecule has 11 heteroatoms. The van der Waals surface area contributed by atoms with Crippen LogP contribution in [0.25, 0.3) is 0 Å². The molecule has 1 heterocycles. The van der Waals surface area contributed by atoms with E-state index >= 15 is 0 Å². The fourth-order valence-electron chi connectivity index (χ4n) is 5.13. The Hall–Kier alpha value is -4.25. The SMILES string of the molecule is CCN(CC)CCNC(=O)c1cc(NC(=O)c2ccc(C(F)(F)F)cc2)ccc1N1CCN(c2ccccc2OC)CC1. The molecule has 1 fully saturated rings. The van der Waals surface area contributed by atoms with Gasteiger partial charge in [-0.25, -0.2) is 0 Å². The zero-order valence-corrected chi connectivity index (χ0v) is 24.7. The summed E-state index contributed by atoms with van der Waals surface area (Å²) in [7, 11) is 1.65. The van der Waals surface area contributed by atoms with E-state index in [0.29, 0.717) is 37.4 Å². The summed E-state index contributed by atoms with van der Waals surface area (Å²) in [6, 6.07) is 17.0. The second-order valence-corrected chi connectivity index (χ2v) is 10.2. The number of carbonyl (C=O) groups is 2. The third-order valence-electron chi connectivity index (χ3n) is 7.63. The fourth-order valence-corrected chi connectivity index (χ4v) is 5.13. The molecule has 1 aliphatic rings. The normalized spacial score (nSPS) is 13.7. The maximum atomic E-state index is 13.5. The van der Waals surface area contributed by atoms with Crippen molar-refractivity contribution in [1.82, 2.24) is 10.2 Å². The molecular weight excluding hydrogens is 559 g/mol. The highest BCUT2D eigenvalue weighted by atomic mass is 19.4. The van der Waals surface area contributed by atoms with Crippen molar-refractivity contribution in [2.75, 3.05) is 74.6 Å². The minimum absolute atomic E-state index is 0.0785. The predicted octanol–water partition coefficient (Wildman–Crippen LogP) is 5.36. The second kappa shape index (κ2) is 14.3. The number of likely N-dealkylation sites (N-methyl/N-ethyl adjacent to an activating group) is 1. The molecule has 0 unspecified atom stereocenters. The molecule has 0 radical (unpaired) electrons. The molecule has 0 bridgehead atoms. The van der Waals surface area contributed by atoms with Gasteiger partial charge < -0.3 is 30.1 Å². The first-order valence-electron chi connectivity index (χ1n) is 14.4. The minimum atomic E-state index is -4.49. The lowest BCUT2D eigenvalue weighted by molar-refractivity contribution is -0.137. The molecular formula is C32H38F3N5O3. The van der Waals surface area contributed by atoms with E-state index in [4.69, 9.17) is 4.74 Å². The van der Waals surface area contributed by atoms with Crippen molar-refractivity contribution in [2.24, 2.45) is 0 Å². The van der Waals surface area contributed by atoms with Crippen molar-refractivity contribution < 1.29 is 27.5 Å². The number of carbonyl (C=O) groups excluding carboxylic acids is 2. The number of alkyl halides is 3. The summed E-state index contributed by atoms with van der Waals surface area (Å²) in [5, 5.41) is 5.73. The summed E-state index contributed by atoms with van der Waals surface area (Å²) in [6.45, 7) is 9.81. The van der Waals surface area contributed by atoms with Crippen LogP contribution in [-0.4, -0.2) is 76.2 Å². The zero-order valence-electron chi connectivity index (χ0n) is 24.7. The predicted molar refractivity (Wildman–Crippen MR) is 163 cm³/mol. The molecule has 2 N–H and O–H groups in total. The van der Waals surface area contributed by atoms with Crippen molar-refractivity contribution in [3.8, 4) is 5.75 Å². The maximum absolute atomic E-state index is 13.5. The van der Waals surface area contributed by atoms with E-state index in [1.165, 1.54) is 0 Å². The number of benzene rings is 3. The van der Waals surface area contributed by atoms with Gasteiger partial charge in [-0.1, -0.05) is 26.0 Å². The lowest BCUT2D eigenvalue weighted by atomic mass is 10.1. The van der Waals surface area contributed by atoms with Crippen molar-refractivity contribution in [2.45, 2.75) is 20.0 Å². The van der Waals surface area contributed by atoms with Crippen molar-refractivity contribution >= 4 is 28.9 Å². The molecule has 8 nitrogen and oxygen atoms in total. The standard InChI is InChI=1S/C32H38F3N5O3/c1-4-38(5-2)17-16-36-31(42)26-22-25(37-30(41)23-10-12-24(13-11-23)32(33,34)35)14-15-27(26)39-18-20-40(21-19-39)28-8-6-7-9-29(28)43-3/h6-15,22H,4-5,16-21H2,1-3H3,(H,36,42)(H,37,41). The molecule has 230 valence electrons. The van der Waals surface area contributed by atoms with Gasteiger partial charge in [0.2, 0.25) is 0 Å². The van der Waals surface area contributed by atoms with Gasteiger partial charge in [-0.3, -0.25) is 9.59 Å². The number of nitrogens with zero attached hydrogens (tertiary/aromatic N) is 3. The summed E-state index contributed by atoms with van der Waals surface area (Å²) in [6.07, 6.45) is -4.49. The van der Waals surface area contributed by atoms with E-state index in [1.807, 2.05) is 24.3 Å². The van der Waals surface area contributed by atoms with Crippen LogP contribution < -0.4 is 25.2 Å². The Kier molecular flexibility index (Phi) is 10.5. The molecule has 3 aromatic carbocycles. The van der Waals surface area contributed by atoms with Gasteiger partial charge in [0.1, 0.15) is 5.75 Å². The second-order valence-electron chi connectivity index (χ2n) is 10.2. The van der Waals surface area contributed by atoms with Gasteiger partial charge >= 0.3 is 6.18 Å². The average Bonchev–Trinajstić information content (AvgIpc) is 3.02. The Morgan fingerprint density at radius 3 is 2.09 bits per heavy atom. The van der Waals surface area contributed by atoms with E-state index in [-0.39, 0.29) is 11.5 Å². The Labute approximate surface area is 250 Å². The number of para-hydroxylation sites is 2. The van der Waals surface area contributed by atoms with Crippen LogP contribution in [0.3, 0.4) is 0 Å². The maximum Gasteiger partial charge on any atom is 0.416 e. The smallest absolute Gasteiger partial charge is 0.416 e. The number of methoxy groups -OCH3 is 1. The number of piperazine rings is 1. The Bertz CT molecular complexity index is 1390. The van der Waals surface area contributed by atoms with Crippen LogP contribution in [0.15, 0.2) is 66.7 Å². The monoisotopic (exact) mass is 597 g/mol. The topological polar surface area (TPSA) is 77.2 Å². The average molecular weight is 598 g/mol. The van der Waals surface area contributed by atoms with Gasteiger partial charge in [0, 0.05) is 56.2 Å². The molecule has 4 rings (SSSR count). The lowest BCUT2D eigenvalue weighted by Crippen LogP contribution is -2.47. The summed E-state index contributed by atoms with van der Waals surface area (Å²) < 4.78 is 44.4. The van der Waals surface area contributed by atoms with E-state index in [9.17, 15) is 22.8 Å². The zero-order chi connectivity index (χ0) is 31.0. The third-order valence-corrected chi connectivity index (χ3v) is 7.63. The van der Waals surface area contributed by atoms with E-state index in [1.54, 1.807) is 25.3 Å². The number of ether oxygens (including phenoxy) is 1. The highest BCUT2D eigenvalue weighted by Crippen LogP contribution is 2.32.